The van der Waals surface area contributed by atoms with Crippen molar-refractivity contribution < 1.29 is 13.2 Å². The Labute approximate surface area is 98.8 Å². The molecular formula is C13H16F3N. The molecule has 1 saturated carbocycles. The van der Waals surface area contributed by atoms with E-state index in [9.17, 15) is 13.2 Å². The highest BCUT2D eigenvalue weighted by Crippen LogP contribution is 2.31. The van der Waals surface area contributed by atoms with Crippen molar-refractivity contribution in [3.8, 4) is 0 Å². The Morgan fingerprint density at radius 2 is 1.76 bits per heavy atom. The zero-order chi connectivity index (χ0) is 12.5. The van der Waals surface area contributed by atoms with Gasteiger partial charge in [-0.25, -0.2) is 0 Å². The van der Waals surface area contributed by atoms with Crippen molar-refractivity contribution in [1.82, 2.24) is 0 Å². The molecule has 1 aliphatic carbocycles. The van der Waals surface area contributed by atoms with Crippen LogP contribution in [0.5, 0.6) is 0 Å². The quantitative estimate of drug-likeness (QED) is 0.865. The maximum absolute atomic E-state index is 12.3. The van der Waals surface area contributed by atoms with Gasteiger partial charge in [-0.2, -0.15) is 13.2 Å². The Hall–Kier alpha value is -1.03. The van der Waals surface area contributed by atoms with Crippen molar-refractivity contribution in [1.29, 1.82) is 0 Å². The standard InChI is InChI=1S/C13H16F3N/c14-13(15,16)11-6-4-9(5-7-11)8-12(17)10-2-1-3-10/h4-7,10,12H,1-3,8,17H2. The molecule has 0 heterocycles. The zero-order valence-corrected chi connectivity index (χ0v) is 9.50. The summed E-state index contributed by atoms with van der Waals surface area (Å²) in [7, 11) is 0. The SMILES string of the molecule is NC(Cc1ccc(C(F)(F)F)cc1)C1CCC1. The molecule has 1 fully saturated rings. The second-order valence-electron chi connectivity index (χ2n) is 4.75. The first-order chi connectivity index (χ1) is 7.97. The first-order valence-corrected chi connectivity index (χ1v) is 5.88. The fourth-order valence-corrected chi connectivity index (χ4v) is 2.14. The first-order valence-electron chi connectivity index (χ1n) is 5.88. The van der Waals surface area contributed by atoms with E-state index in [4.69, 9.17) is 5.73 Å². The number of hydrogen-bond donors (Lipinski definition) is 1. The smallest absolute Gasteiger partial charge is 0.327 e. The molecule has 0 aliphatic heterocycles. The number of nitrogens with two attached hydrogens (primary N) is 1. The lowest BCUT2D eigenvalue weighted by Gasteiger charge is -2.31. The molecule has 4 heteroatoms. The van der Waals surface area contributed by atoms with E-state index in [1.54, 1.807) is 0 Å². The van der Waals surface area contributed by atoms with Gasteiger partial charge in [0.2, 0.25) is 0 Å². The molecule has 1 atom stereocenters. The first kappa shape index (κ1) is 12.4. The van der Waals surface area contributed by atoms with Gasteiger partial charge in [-0.15, -0.1) is 0 Å². The van der Waals surface area contributed by atoms with E-state index in [1.165, 1.54) is 18.6 Å². The molecular weight excluding hydrogens is 227 g/mol. The van der Waals surface area contributed by atoms with Crippen LogP contribution in [0.4, 0.5) is 13.2 Å². The second kappa shape index (κ2) is 4.69. The average molecular weight is 243 g/mol. The van der Waals surface area contributed by atoms with Gasteiger partial charge in [0, 0.05) is 6.04 Å². The molecule has 1 aromatic carbocycles. The molecule has 2 N–H and O–H groups in total. The van der Waals surface area contributed by atoms with Gasteiger partial charge < -0.3 is 5.73 Å². The Morgan fingerprint density at radius 3 is 2.18 bits per heavy atom. The van der Waals surface area contributed by atoms with Gasteiger partial charge in [-0.3, -0.25) is 0 Å². The van der Waals surface area contributed by atoms with Crippen molar-refractivity contribution in [2.45, 2.75) is 37.9 Å². The van der Waals surface area contributed by atoms with Gasteiger partial charge in [0.15, 0.2) is 0 Å². The Bertz CT molecular complexity index is 365. The van der Waals surface area contributed by atoms with E-state index in [1.807, 2.05) is 0 Å². The van der Waals surface area contributed by atoms with Crippen LogP contribution in [0.2, 0.25) is 0 Å². The summed E-state index contributed by atoms with van der Waals surface area (Å²) in [6.07, 6.45) is -0.0492. The molecule has 94 valence electrons. The van der Waals surface area contributed by atoms with E-state index < -0.39 is 11.7 Å². The molecule has 0 aromatic heterocycles. The van der Waals surface area contributed by atoms with E-state index >= 15 is 0 Å². The minimum absolute atomic E-state index is 0.0838. The van der Waals surface area contributed by atoms with Gasteiger partial charge in [0.05, 0.1) is 5.56 Å². The van der Waals surface area contributed by atoms with E-state index in [0.29, 0.717) is 12.3 Å². The highest BCUT2D eigenvalue weighted by atomic mass is 19.4. The Morgan fingerprint density at radius 1 is 1.18 bits per heavy atom. The van der Waals surface area contributed by atoms with Crippen molar-refractivity contribution in [2.75, 3.05) is 0 Å². The normalized spacial score (nSPS) is 18.8. The summed E-state index contributed by atoms with van der Waals surface area (Å²) >= 11 is 0. The Balaban J connectivity index is 1.98. The topological polar surface area (TPSA) is 26.0 Å². The van der Waals surface area contributed by atoms with Crippen LogP contribution in [0.3, 0.4) is 0 Å². The summed E-state index contributed by atoms with van der Waals surface area (Å²) in [6, 6.07) is 5.40. The number of alkyl halides is 3. The summed E-state index contributed by atoms with van der Waals surface area (Å²) in [5.41, 5.74) is 6.30. The van der Waals surface area contributed by atoms with Crippen LogP contribution in [0, 0.1) is 5.92 Å². The fraction of sp³-hybridized carbons (Fsp3) is 0.538. The molecule has 0 amide bonds. The largest absolute Gasteiger partial charge is 0.416 e. The van der Waals surface area contributed by atoms with Crippen LogP contribution < -0.4 is 5.73 Å². The fourth-order valence-electron chi connectivity index (χ4n) is 2.14. The van der Waals surface area contributed by atoms with Gasteiger partial charge in [-0.05, 0) is 42.9 Å². The van der Waals surface area contributed by atoms with Crippen LogP contribution in [0.15, 0.2) is 24.3 Å². The second-order valence-corrected chi connectivity index (χ2v) is 4.75. The molecule has 17 heavy (non-hydrogen) atoms. The third kappa shape index (κ3) is 3.00. The maximum atomic E-state index is 12.3. The Kier molecular flexibility index (Phi) is 3.43. The van der Waals surface area contributed by atoms with Gasteiger partial charge in [-0.1, -0.05) is 18.6 Å². The number of benzene rings is 1. The summed E-state index contributed by atoms with van der Waals surface area (Å²) < 4.78 is 37.0. The lowest BCUT2D eigenvalue weighted by molar-refractivity contribution is -0.137. The molecule has 0 bridgehead atoms. The molecule has 1 aromatic rings. The summed E-state index contributed by atoms with van der Waals surface area (Å²) in [5.74, 6) is 0.553. The van der Waals surface area contributed by atoms with Crippen molar-refractivity contribution in [3.63, 3.8) is 0 Å². The maximum Gasteiger partial charge on any atom is 0.416 e. The van der Waals surface area contributed by atoms with Gasteiger partial charge in [0.1, 0.15) is 0 Å². The lowest BCUT2D eigenvalue weighted by Crippen LogP contribution is -2.36. The molecule has 0 saturated heterocycles. The summed E-state index contributed by atoms with van der Waals surface area (Å²) in [5, 5.41) is 0. The van der Waals surface area contributed by atoms with Crippen LogP contribution in [-0.4, -0.2) is 6.04 Å². The highest BCUT2D eigenvalue weighted by molar-refractivity contribution is 5.25. The van der Waals surface area contributed by atoms with Gasteiger partial charge >= 0.3 is 6.18 Å². The predicted octanol–water partition coefficient (Wildman–Crippen LogP) is 3.38. The highest BCUT2D eigenvalue weighted by Gasteiger charge is 2.30. The number of rotatable bonds is 3. The monoisotopic (exact) mass is 243 g/mol. The number of hydrogen-bond acceptors (Lipinski definition) is 1. The van der Waals surface area contributed by atoms with Gasteiger partial charge in [0.25, 0.3) is 0 Å². The lowest BCUT2D eigenvalue weighted by atomic mass is 9.78. The molecule has 0 radical (unpaired) electrons. The van der Waals surface area contributed by atoms with Crippen LogP contribution in [-0.2, 0) is 12.6 Å². The summed E-state index contributed by atoms with van der Waals surface area (Å²) in [6.45, 7) is 0. The average Bonchev–Trinajstić information content (AvgIpc) is 2.13. The molecule has 2 rings (SSSR count). The minimum Gasteiger partial charge on any atom is -0.327 e. The van der Waals surface area contributed by atoms with Crippen molar-refractivity contribution in [3.05, 3.63) is 35.4 Å². The van der Waals surface area contributed by atoms with E-state index in [2.05, 4.69) is 0 Å². The van der Waals surface area contributed by atoms with Crippen molar-refractivity contribution in [2.24, 2.45) is 11.7 Å². The molecule has 1 nitrogen and oxygen atoms in total. The van der Waals surface area contributed by atoms with Crippen molar-refractivity contribution >= 4 is 0 Å². The number of halogens is 3. The molecule has 1 unspecified atom stereocenters. The van der Waals surface area contributed by atoms with Crippen LogP contribution >= 0.6 is 0 Å². The van der Waals surface area contributed by atoms with Crippen LogP contribution in [0.1, 0.15) is 30.4 Å². The molecule has 1 aliphatic rings. The molecule has 0 spiro atoms. The third-order valence-corrected chi connectivity index (χ3v) is 3.51. The van der Waals surface area contributed by atoms with E-state index in [0.717, 1.165) is 30.5 Å². The minimum atomic E-state index is -4.26. The van der Waals surface area contributed by atoms with E-state index in [-0.39, 0.29) is 6.04 Å². The zero-order valence-electron chi connectivity index (χ0n) is 9.50. The predicted molar refractivity (Wildman–Crippen MR) is 60.5 cm³/mol. The van der Waals surface area contributed by atoms with Crippen LogP contribution in [0.25, 0.3) is 0 Å². The summed E-state index contributed by atoms with van der Waals surface area (Å²) in [4.78, 5) is 0. The third-order valence-electron chi connectivity index (χ3n) is 3.51.